The third-order valence-electron chi connectivity index (χ3n) is 2.56. The average Bonchev–Trinajstić information content (AvgIpc) is 2.36. The van der Waals surface area contributed by atoms with Crippen molar-refractivity contribution in [2.75, 3.05) is 6.61 Å². The van der Waals surface area contributed by atoms with Crippen LogP contribution >= 0.6 is 0 Å². The Hall–Kier alpha value is -1.48. The fourth-order valence-corrected chi connectivity index (χ4v) is 1.23. The van der Waals surface area contributed by atoms with Crippen LogP contribution in [0.25, 0.3) is 0 Å². The minimum atomic E-state index is -0.762. The van der Waals surface area contributed by atoms with E-state index in [2.05, 4.69) is 13.2 Å². The number of hydrogen-bond acceptors (Lipinski definition) is 3. The number of aliphatic hydroxyl groups is 1. The second-order valence-electron chi connectivity index (χ2n) is 4.32. The molecule has 0 fully saturated rings. The van der Waals surface area contributed by atoms with Crippen molar-refractivity contribution in [1.29, 1.82) is 0 Å². The van der Waals surface area contributed by atoms with E-state index in [4.69, 9.17) is 9.47 Å². The summed E-state index contributed by atoms with van der Waals surface area (Å²) in [5.74, 6) is 1.27. The monoisotopic (exact) mass is 252 g/mol. The molecule has 1 N–H and O–H groups in total. The topological polar surface area (TPSA) is 38.7 Å². The summed E-state index contributed by atoms with van der Waals surface area (Å²) in [7, 11) is 0. The lowest BCUT2D eigenvalue weighted by Gasteiger charge is -2.31. The van der Waals surface area contributed by atoms with Crippen molar-refractivity contribution in [3.63, 3.8) is 0 Å². The van der Waals surface area contributed by atoms with E-state index in [1.54, 1.807) is 38.2 Å². The van der Waals surface area contributed by atoms with Gasteiger partial charge in [-0.05, 0) is 52.0 Å². The molecule has 0 amide bonds. The minimum absolute atomic E-state index is 0.146. The summed E-state index contributed by atoms with van der Waals surface area (Å²) in [4.78, 5) is 0. The summed E-state index contributed by atoms with van der Waals surface area (Å²) in [5.41, 5.74) is -0.754. The Bertz CT molecular complexity index is 338. The quantitative estimate of drug-likeness (QED) is 0.532. The van der Waals surface area contributed by atoms with Crippen LogP contribution in [-0.2, 0) is 9.47 Å². The Morgan fingerprint density at radius 1 is 1.17 bits per heavy atom. The van der Waals surface area contributed by atoms with E-state index in [9.17, 15) is 5.11 Å². The van der Waals surface area contributed by atoms with Crippen LogP contribution in [0.4, 0.5) is 0 Å². The fourth-order valence-electron chi connectivity index (χ4n) is 1.23. The molecule has 0 aliphatic rings. The molecule has 0 spiro atoms. The van der Waals surface area contributed by atoms with Gasteiger partial charge in [-0.3, -0.25) is 0 Å². The lowest BCUT2D eigenvalue weighted by molar-refractivity contribution is -0.0889. The van der Waals surface area contributed by atoms with Crippen LogP contribution < -0.4 is 0 Å². The molecular weight excluding hydrogens is 228 g/mol. The summed E-state index contributed by atoms with van der Waals surface area (Å²) >= 11 is 0. The first-order valence-electron chi connectivity index (χ1n) is 5.98. The third kappa shape index (κ3) is 5.23. The molecule has 0 rings (SSSR count). The standard InChI is InChI=1S/C15H24O3/c1-7-12(8-2)17-11-14(16)15(5,6)18-13(9-3)10-4/h7-10,14,16H,1,3,11H2,2,4-6H3/b12-8+,13-10+. The zero-order chi connectivity index (χ0) is 14.2. The molecule has 1 atom stereocenters. The lowest BCUT2D eigenvalue weighted by atomic mass is 10.0. The van der Waals surface area contributed by atoms with Crippen molar-refractivity contribution in [1.82, 2.24) is 0 Å². The maximum absolute atomic E-state index is 10.1. The largest absolute Gasteiger partial charge is 0.491 e. The normalized spacial score (nSPS) is 14.9. The highest BCUT2D eigenvalue weighted by Crippen LogP contribution is 2.20. The summed E-state index contributed by atoms with van der Waals surface area (Å²) in [6.07, 6.45) is 6.03. The Morgan fingerprint density at radius 3 is 2.06 bits per heavy atom. The zero-order valence-electron chi connectivity index (χ0n) is 11.8. The van der Waals surface area contributed by atoms with Gasteiger partial charge in [0.05, 0.1) is 0 Å². The highest BCUT2D eigenvalue weighted by molar-refractivity contribution is 5.09. The number of allylic oxidation sites excluding steroid dienone is 4. The highest BCUT2D eigenvalue weighted by atomic mass is 16.5. The summed E-state index contributed by atoms with van der Waals surface area (Å²) in [6, 6.07) is 0. The molecule has 0 aliphatic carbocycles. The van der Waals surface area contributed by atoms with E-state index in [1.807, 2.05) is 13.8 Å². The molecule has 0 aromatic heterocycles. The van der Waals surface area contributed by atoms with E-state index in [0.29, 0.717) is 11.5 Å². The van der Waals surface area contributed by atoms with Crippen LogP contribution in [0.2, 0.25) is 0 Å². The second kappa shape index (κ2) is 7.77. The summed E-state index contributed by atoms with van der Waals surface area (Å²) in [5, 5.41) is 10.1. The van der Waals surface area contributed by atoms with E-state index in [-0.39, 0.29) is 6.61 Å². The molecule has 0 bridgehead atoms. The van der Waals surface area contributed by atoms with Crippen molar-refractivity contribution in [3.05, 3.63) is 49.0 Å². The van der Waals surface area contributed by atoms with Gasteiger partial charge in [0, 0.05) is 0 Å². The Kier molecular flexibility index (Phi) is 7.13. The average molecular weight is 252 g/mol. The van der Waals surface area contributed by atoms with Crippen molar-refractivity contribution in [3.8, 4) is 0 Å². The molecule has 102 valence electrons. The summed E-state index contributed by atoms with van der Waals surface area (Å²) in [6.45, 7) is 14.7. The minimum Gasteiger partial charge on any atom is -0.491 e. The van der Waals surface area contributed by atoms with Crippen molar-refractivity contribution < 1.29 is 14.6 Å². The van der Waals surface area contributed by atoms with Crippen molar-refractivity contribution in [2.24, 2.45) is 0 Å². The van der Waals surface area contributed by atoms with Gasteiger partial charge in [0.1, 0.15) is 29.8 Å². The zero-order valence-corrected chi connectivity index (χ0v) is 11.8. The molecule has 0 aromatic rings. The van der Waals surface area contributed by atoms with E-state index in [0.717, 1.165) is 0 Å². The van der Waals surface area contributed by atoms with E-state index >= 15 is 0 Å². The summed E-state index contributed by atoms with van der Waals surface area (Å²) < 4.78 is 11.1. The molecule has 0 saturated carbocycles. The molecule has 18 heavy (non-hydrogen) atoms. The lowest BCUT2D eigenvalue weighted by Crippen LogP contribution is -2.41. The molecule has 3 heteroatoms. The maximum Gasteiger partial charge on any atom is 0.132 e. The molecule has 0 heterocycles. The predicted molar refractivity (Wildman–Crippen MR) is 75.0 cm³/mol. The first kappa shape index (κ1) is 16.5. The van der Waals surface area contributed by atoms with Crippen LogP contribution in [0.5, 0.6) is 0 Å². The first-order chi connectivity index (χ1) is 8.41. The second-order valence-corrected chi connectivity index (χ2v) is 4.32. The van der Waals surface area contributed by atoms with Gasteiger partial charge < -0.3 is 14.6 Å². The van der Waals surface area contributed by atoms with E-state index < -0.39 is 11.7 Å². The first-order valence-corrected chi connectivity index (χ1v) is 5.98. The number of rotatable bonds is 8. The Balaban J connectivity index is 4.51. The van der Waals surface area contributed by atoms with Gasteiger partial charge in [0.2, 0.25) is 0 Å². The van der Waals surface area contributed by atoms with Crippen molar-refractivity contribution >= 4 is 0 Å². The molecule has 0 aromatic carbocycles. The SMILES string of the molecule is C=C/C(=C\C)OCC(O)C(C)(C)O/C(C=C)=C/C. The van der Waals surface area contributed by atoms with Gasteiger partial charge in [0.25, 0.3) is 0 Å². The van der Waals surface area contributed by atoms with Crippen LogP contribution in [0.1, 0.15) is 27.7 Å². The van der Waals surface area contributed by atoms with Gasteiger partial charge in [-0.15, -0.1) is 0 Å². The van der Waals surface area contributed by atoms with Crippen LogP contribution in [-0.4, -0.2) is 23.4 Å². The van der Waals surface area contributed by atoms with Gasteiger partial charge in [-0.25, -0.2) is 0 Å². The number of hydrogen-bond donors (Lipinski definition) is 1. The third-order valence-corrected chi connectivity index (χ3v) is 2.56. The Morgan fingerprint density at radius 2 is 1.67 bits per heavy atom. The smallest absolute Gasteiger partial charge is 0.132 e. The van der Waals surface area contributed by atoms with Gasteiger partial charge >= 0.3 is 0 Å². The molecule has 0 radical (unpaired) electrons. The highest BCUT2D eigenvalue weighted by Gasteiger charge is 2.30. The molecule has 0 saturated heterocycles. The van der Waals surface area contributed by atoms with Gasteiger partial charge in [0.15, 0.2) is 0 Å². The van der Waals surface area contributed by atoms with Crippen LogP contribution in [0.3, 0.4) is 0 Å². The molecular formula is C15H24O3. The fraction of sp³-hybridized carbons (Fsp3) is 0.467. The van der Waals surface area contributed by atoms with Crippen LogP contribution in [0, 0.1) is 0 Å². The van der Waals surface area contributed by atoms with Crippen molar-refractivity contribution in [2.45, 2.75) is 39.4 Å². The molecule has 1 unspecified atom stereocenters. The van der Waals surface area contributed by atoms with Gasteiger partial charge in [-0.2, -0.15) is 0 Å². The van der Waals surface area contributed by atoms with Gasteiger partial charge in [-0.1, -0.05) is 13.2 Å². The maximum atomic E-state index is 10.1. The number of ether oxygens (including phenoxy) is 2. The molecule has 3 nitrogen and oxygen atoms in total. The predicted octanol–water partition coefficient (Wildman–Crippen LogP) is 3.34. The Labute approximate surface area is 110 Å². The number of aliphatic hydroxyl groups excluding tert-OH is 1. The van der Waals surface area contributed by atoms with E-state index in [1.165, 1.54) is 0 Å². The molecule has 0 aliphatic heterocycles. The van der Waals surface area contributed by atoms with Crippen LogP contribution in [0.15, 0.2) is 49.0 Å².